The van der Waals surface area contributed by atoms with Crippen molar-refractivity contribution in [1.29, 1.82) is 0 Å². The van der Waals surface area contributed by atoms with Crippen LogP contribution in [0.1, 0.15) is 30.1 Å². The van der Waals surface area contributed by atoms with Crippen LogP contribution in [0.3, 0.4) is 0 Å². The molecule has 1 fully saturated rings. The van der Waals surface area contributed by atoms with Crippen LogP contribution in [0.5, 0.6) is 5.75 Å². The summed E-state index contributed by atoms with van der Waals surface area (Å²) in [5.41, 5.74) is -0.265. The minimum atomic E-state index is -4.75. The average molecular weight is 287 g/mol. The zero-order chi connectivity index (χ0) is 14.8. The number of ether oxygens (including phenoxy) is 1. The van der Waals surface area contributed by atoms with Gasteiger partial charge in [0.05, 0.1) is 0 Å². The van der Waals surface area contributed by atoms with Crippen LogP contribution in [0.25, 0.3) is 0 Å². The molecule has 0 spiro atoms. The molecule has 0 aromatic heterocycles. The maximum atomic E-state index is 12.5. The number of hydrogen-bond acceptors (Lipinski definition) is 3. The molecule has 0 amide bonds. The third-order valence-electron chi connectivity index (χ3n) is 3.59. The summed E-state index contributed by atoms with van der Waals surface area (Å²) in [5.74, 6) is -0.493. The fourth-order valence-corrected chi connectivity index (χ4v) is 2.39. The normalized spacial score (nSPS) is 18.6. The smallest absolute Gasteiger partial charge is 0.406 e. The highest BCUT2D eigenvalue weighted by Gasteiger charge is 2.36. The van der Waals surface area contributed by atoms with Gasteiger partial charge in [-0.2, -0.15) is 0 Å². The monoisotopic (exact) mass is 287 g/mol. The van der Waals surface area contributed by atoms with E-state index in [0.29, 0.717) is 12.8 Å². The second-order valence-corrected chi connectivity index (χ2v) is 5.22. The van der Waals surface area contributed by atoms with E-state index in [1.54, 1.807) is 0 Å². The number of rotatable bonds is 3. The first-order chi connectivity index (χ1) is 9.30. The maximum Gasteiger partial charge on any atom is 0.573 e. The Bertz CT molecular complexity index is 493. The number of halogens is 3. The van der Waals surface area contributed by atoms with E-state index in [1.807, 2.05) is 6.92 Å². The molecule has 0 saturated carbocycles. The van der Waals surface area contributed by atoms with Crippen LogP contribution in [-0.2, 0) is 0 Å². The van der Waals surface area contributed by atoms with E-state index in [9.17, 15) is 18.0 Å². The van der Waals surface area contributed by atoms with Crippen LogP contribution >= 0.6 is 0 Å². The van der Waals surface area contributed by atoms with Crippen molar-refractivity contribution in [2.24, 2.45) is 5.41 Å². The van der Waals surface area contributed by atoms with Gasteiger partial charge in [-0.3, -0.25) is 4.79 Å². The molecule has 0 bridgehead atoms. The highest BCUT2D eigenvalue weighted by atomic mass is 19.4. The minimum absolute atomic E-state index is 0.133. The molecule has 20 heavy (non-hydrogen) atoms. The van der Waals surface area contributed by atoms with Gasteiger partial charge in [0.15, 0.2) is 5.78 Å². The predicted molar refractivity (Wildman–Crippen MR) is 67.7 cm³/mol. The van der Waals surface area contributed by atoms with E-state index in [-0.39, 0.29) is 17.1 Å². The Labute approximate surface area is 115 Å². The second kappa shape index (κ2) is 5.44. The molecular weight excluding hydrogens is 271 g/mol. The summed E-state index contributed by atoms with van der Waals surface area (Å²) in [7, 11) is 0. The van der Waals surface area contributed by atoms with Crippen molar-refractivity contribution in [1.82, 2.24) is 5.32 Å². The molecule has 1 heterocycles. The lowest BCUT2D eigenvalue weighted by molar-refractivity contribution is -0.274. The fraction of sp³-hybridized carbons (Fsp3) is 0.500. The number of alkyl halides is 3. The number of piperidine rings is 1. The van der Waals surface area contributed by atoms with Crippen LogP contribution in [-0.4, -0.2) is 25.2 Å². The van der Waals surface area contributed by atoms with Gasteiger partial charge in [0, 0.05) is 11.0 Å². The van der Waals surface area contributed by atoms with Gasteiger partial charge < -0.3 is 10.1 Å². The third kappa shape index (κ3) is 3.50. The molecule has 1 N–H and O–H groups in total. The largest absolute Gasteiger partial charge is 0.573 e. The van der Waals surface area contributed by atoms with E-state index in [1.165, 1.54) is 18.2 Å². The Morgan fingerprint density at radius 2 is 1.95 bits per heavy atom. The lowest BCUT2D eigenvalue weighted by Crippen LogP contribution is -2.40. The molecule has 1 aliphatic rings. The van der Waals surface area contributed by atoms with Crippen LogP contribution in [0, 0.1) is 5.41 Å². The van der Waals surface area contributed by atoms with E-state index >= 15 is 0 Å². The van der Waals surface area contributed by atoms with Crippen molar-refractivity contribution in [3.8, 4) is 5.75 Å². The fourth-order valence-electron chi connectivity index (χ4n) is 2.39. The van der Waals surface area contributed by atoms with Crippen molar-refractivity contribution >= 4 is 5.78 Å². The maximum absolute atomic E-state index is 12.5. The third-order valence-corrected chi connectivity index (χ3v) is 3.59. The Hall–Kier alpha value is -1.56. The summed E-state index contributed by atoms with van der Waals surface area (Å²) in [6.07, 6.45) is -3.40. The molecule has 1 saturated heterocycles. The van der Waals surface area contributed by atoms with Crippen LogP contribution in [0.2, 0.25) is 0 Å². The van der Waals surface area contributed by atoms with Gasteiger partial charge >= 0.3 is 6.36 Å². The lowest BCUT2D eigenvalue weighted by atomic mass is 9.75. The van der Waals surface area contributed by atoms with Gasteiger partial charge in [0.25, 0.3) is 0 Å². The van der Waals surface area contributed by atoms with Crippen molar-refractivity contribution in [2.45, 2.75) is 26.1 Å². The van der Waals surface area contributed by atoms with Crippen molar-refractivity contribution in [2.75, 3.05) is 13.1 Å². The first kappa shape index (κ1) is 14.8. The topological polar surface area (TPSA) is 38.3 Å². The standard InChI is InChI=1S/C14H16F3NO2/c1-13(5-7-18-8-6-13)12(19)10-3-2-4-11(9-10)20-14(15,16)17/h2-4,9,18H,5-8H2,1H3. The van der Waals surface area contributed by atoms with Gasteiger partial charge in [0.1, 0.15) is 5.75 Å². The summed E-state index contributed by atoms with van der Waals surface area (Å²) >= 11 is 0. The SMILES string of the molecule is CC1(C(=O)c2cccc(OC(F)(F)F)c2)CCNCC1. The molecule has 3 nitrogen and oxygen atoms in total. The highest BCUT2D eigenvalue weighted by Crippen LogP contribution is 2.33. The van der Waals surface area contributed by atoms with E-state index in [2.05, 4.69) is 10.1 Å². The van der Waals surface area contributed by atoms with Crippen LogP contribution in [0.4, 0.5) is 13.2 Å². The Morgan fingerprint density at radius 3 is 2.55 bits per heavy atom. The van der Waals surface area contributed by atoms with Crippen molar-refractivity contribution in [3.05, 3.63) is 29.8 Å². The molecule has 2 rings (SSSR count). The first-order valence-electron chi connectivity index (χ1n) is 6.41. The number of benzene rings is 1. The summed E-state index contributed by atoms with van der Waals surface area (Å²) in [6.45, 7) is 3.33. The van der Waals surface area contributed by atoms with Crippen molar-refractivity contribution in [3.63, 3.8) is 0 Å². The van der Waals surface area contributed by atoms with Gasteiger partial charge in [0.2, 0.25) is 0 Å². The molecule has 0 aliphatic carbocycles. The number of ketones is 1. The molecular formula is C14H16F3NO2. The molecule has 1 aromatic rings. The molecule has 1 aliphatic heterocycles. The summed E-state index contributed by atoms with van der Waals surface area (Å²) in [6, 6.07) is 5.27. The molecule has 1 aromatic carbocycles. The summed E-state index contributed by atoms with van der Waals surface area (Å²) < 4.78 is 40.4. The second-order valence-electron chi connectivity index (χ2n) is 5.22. The van der Waals surface area contributed by atoms with Gasteiger partial charge in [-0.05, 0) is 38.1 Å². The minimum Gasteiger partial charge on any atom is -0.406 e. The van der Waals surface area contributed by atoms with Crippen LogP contribution < -0.4 is 10.1 Å². The molecule has 0 unspecified atom stereocenters. The number of Topliss-reactive ketones (excluding diaryl/α,β-unsaturated/α-hetero) is 1. The predicted octanol–water partition coefficient (Wildman–Crippen LogP) is 3.16. The average Bonchev–Trinajstić information content (AvgIpc) is 2.37. The zero-order valence-electron chi connectivity index (χ0n) is 11.1. The summed E-state index contributed by atoms with van der Waals surface area (Å²) in [4.78, 5) is 12.5. The molecule has 0 radical (unpaired) electrons. The zero-order valence-corrected chi connectivity index (χ0v) is 11.1. The number of carbonyl (C=O) groups excluding carboxylic acids is 1. The van der Waals surface area contributed by atoms with Gasteiger partial charge in [-0.1, -0.05) is 19.1 Å². The molecule has 6 heteroatoms. The molecule has 110 valence electrons. The van der Waals surface area contributed by atoms with E-state index in [0.717, 1.165) is 19.2 Å². The number of nitrogens with one attached hydrogen (secondary N) is 1. The Morgan fingerprint density at radius 1 is 1.30 bits per heavy atom. The van der Waals surface area contributed by atoms with E-state index in [4.69, 9.17) is 0 Å². The Kier molecular flexibility index (Phi) is 4.04. The highest BCUT2D eigenvalue weighted by molar-refractivity contribution is 6.00. The van der Waals surface area contributed by atoms with Gasteiger partial charge in [-0.25, -0.2) is 0 Å². The Balaban J connectivity index is 2.20. The van der Waals surface area contributed by atoms with Crippen molar-refractivity contribution < 1.29 is 22.7 Å². The number of carbonyl (C=O) groups is 1. The van der Waals surface area contributed by atoms with Gasteiger partial charge in [-0.15, -0.1) is 13.2 Å². The van der Waals surface area contributed by atoms with Crippen LogP contribution in [0.15, 0.2) is 24.3 Å². The first-order valence-corrected chi connectivity index (χ1v) is 6.41. The molecule has 0 atom stereocenters. The lowest BCUT2D eigenvalue weighted by Gasteiger charge is -2.32. The number of hydrogen-bond donors (Lipinski definition) is 1. The van der Waals surface area contributed by atoms with E-state index < -0.39 is 11.8 Å². The quantitative estimate of drug-likeness (QED) is 0.868. The summed E-state index contributed by atoms with van der Waals surface area (Å²) in [5, 5.41) is 3.16.